The molecule has 0 aliphatic carbocycles. The van der Waals surface area contributed by atoms with Crippen LogP contribution in [0.3, 0.4) is 0 Å². The van der Waals surface area contributed by atoms with Crippen LogP contribution in [-0.2, 0) is 0 Å². The molecule has 0 radical (unpaired) electrons. The van der Waals surface area contributed by atoms with Gasteiger partial charge in [0.05, 0.1) is 0 Å². The van der Waals surface area contributed by atoms with Gasteiger partial charge in [0.1, 0.15) is 0 Å². The first-order valence-electron chi connectivity index (χ1n) is 0.408. The van der Waals surface area contributed by atoms with Crippen LogP contribution in [0.5, 0.6) is 0 Å². The minimum absolute atomic E-state index is 0. The molecule has 0 aromatic heterocycles. The zero-order chi connectivity index (χ0) is 2.00. The van der Waals surface area contributed by atoms with E-state index in [1.807, 2.05) is 0 Å². The van der Waals surface area contributed by atoms with E-state index in [0.717, 1.165) is 0 Å². The molecule has 0 aromatic carbocycles. The van der Waals surface area contributed by atoms with Crippen molar-refractivity contribution < 1.29 is 37.7 Å². The van der Waals surface area contributed by atoms with Crippen LogP contribution in [0.15, 0.2) is 6.58 Å². The van der Waals surface area contributed by atoms with Gasteiger partial charge in [-0.2, -0.15) is 0 Å². The second-order valence-electron chi connectivity index (χ2n) is 0. The van der Waals surface area contributed by atoms with Crippen LogP contribution in [0.1, 0.15) is 0 Å². The first-order chi connectivity index (χ1) is 1.00. The molecule has 0 saturated heterocycles. The maximum atomic E-state index is 4.25. The third kappa shape index (κ3) is 12.6. The molecule has 0 rings (SSSR count). The van der Waals surface area contributed by atoms with E-state index < -0.39 is 0 Å². The monoisotopic (exact) mass is 41.1 g/mol. The van der Waals surface area contributed by atoms with Crippen LogP contribution in [0, 0.1) is 6.58 Å². The maximum Gasteiger partial charge on any atom is 1.00 e. The molecule has 12 valence electrons. The third-order valence-electron chi connectivity index (χ3n) is 0. The summed E-state index contributed by atoms with van der Waals surface area (Å²) in [6.45, 7) is 7.00. The van der Waals surface area contributed by atoms with Gasteiger partial charge < -0.3 is 6.58 Å². The molecular formula is C2H3Li2+. The largest absolute Gasteiger partial charge is 1.00 e. The first kappa shape index (κ1) is 20.4. The van der Waals surface area contributed by atoms with E-state index in [2.05, 4.69) is 13.2 Å². The Morgan fingerprint density at radius 3 is 1.00 bits per heavy atom. The van der Waals surface area contributed by atoms with Gasteiger partial charge in [0.2, 0.25) is 0 Å². The van der Waals surface area contributed by atoms with Crippen LogP contribution in [0.25, 0.3) is 0 Å². The Morgan fingerprint density at radius 2 is 1.00 bits per heavy atom. The summed E-state index contributed by atoms with van der Waals surface area (Å²) in [7, 11) is 0. The summed E-state index contributed by atoms with van der Waals surface area (Å²) < 4.78 is 0. The van der Waals surface area contributed by atoms with Gasteiger partial charge in [0, 0.05) is 0 Å². The minimum Gasteiger partial charge on any atom is -0.521 e. The van der Waals surface area contributed by atoms with Gasteiger partial charge in [-0.05, 0) is 0 Å². The second kappa shape index (κ2) is 38.8. The molecule has 2 heteroatoms. The molecule has 4 heavy (non-hydrogen) atoms. The Balaban J connectivity index is -0.00000000500. The molecule has 0 spiro atoms. The molecule has 0 aliphatic heterocycles. The molecular weight excluding hydrogens is 37.9 g/mol. The van der Waals surface area contributed by atoms with E-state index in [9.17, 15) is 0 Å². The molecule has 0 amide bonds. The van der Waals surface area contributed by atoms with Gasteiger partial charge in [-0.25, -0.2) is 0 Å². The normalized spacial score (nSPS) is 1.00. The Hall–Kier alpha value is 0.935. The molecule has 0 atom stereocenters. The van der Waals surface area contributed by atoms with E-state index in [0.29, 0.717) is 0 Å². The van der Waals surface area contributed by atoms with Crippen LogP contribution in [-0.4, -0.2) is 0 Å². The van der Waals surface area contributed by atoms with E-state index in [1.165, 1.54) is 0 Å². The fourth-order valence-electron chi connectivity index (χ4n) is 0. The van der Waals surface area contributed by atoms with Crippen LogP contribution >= 0.6 is 0 Å². The molecule has 0 fully saturated rings. The van der Waals surface area contributed by atoms with Crippen molar-refractivity contribution in [2.75, 3.05) is 0 Å². The third-order valence-corrected chi connectivity index (χ3v) is 0. The smallest absolute Gasteiger partial charge is 0.521 e. The standard InChI is InChI=1S/C2H3.2Li/c1-2;;/h1H,2H2;;/q-1;2*+1. The zero-order valence-electron chi connectivity index (χ0n) is 3.28. The summed E-state index contributed by atoms with van der Waals surface area (Å²) in [6, 6.07) is 0. The maximum absolute atomic E-state index is 4.25. The van der Waals surface area contributed by atoms with Crippen molar-refractivity contribution in [3.8, 4) is 0 Å². The van der Waals surface area contributed by atoms with Gasteiger partial charge in [-0.3, -0.25) is 6.58 Å². The average Bonchev–Trinajstić information content (AvgIpc) is 1.00. The van der Waals surface area contributed by atoms with Crippen LogP contribution < -0.4 is 37.7 Å². The van der Waals surface area contributed by atoms with Gasteiger partial charge in [0.15, 0.2) is 0 Å². The fourth-order valence-corrected chi connectivity index (χ4v) is 0. The summed E-state index contributed by atoms with van der Waals surface area (Å²) in [5.41, 5.74) is 0. The first-order valence-corrected chi connectivity index (χ1v) is 0.408. The molecule has 0 heterocycles. The van der Waals surface area contributed by atoms with Gasteiger partial charge in [-0.15, -0.1) is 0 Å². The van der Waals surface area contributed by atoms with Crippen LogP contribution in [0.2, 0.25) is 0 Å². The molecule has 0 bridgehead atoms. The molecule has 0 N–H and O–H groups in total. The second-order valence-corrected chi connectivity index (χ2v) is 0. The van der Waals surface area contributed by atoms with Crippen LogP contribution in [0.4, 0.5) is 0 Å². The topological polar surface area (TPSA) is 0 Å². The van der Waals surface area contributed by atoms with Gasteiger partial charge >= 0.3 is 37.7 Å². The number of rotatable bonds is 0. The van der Waals surface area contributed by atoms with Crippen molar-refractivity contribution >= 4 is 0 Å². The van der Waals surface area contributed by atoms with Crippen molar-refractivity contribution in [3.63, 3.8) is 0 Å². The fraction of sp³-hybridized carbons (Fsp3) is 0. The zero-order valence-corrected chi connectivity index (χ0v) is 3.28. The molecule has 0 saturated carbocycles. The Labute approximate surface area is 51.0 Å². The summed E-state index contributed by atoms with van der Waals surface area (Å²) in [5.74, 6) is 0. The summed E-state index contributed by atoms with van der Waals surface area (Å²) in [5, 5.41) is 0. The summed E-state index contributed by atoms with van der Waals surface area (Å²) in [6.07, 6.45) is 0. The minimum atomic E-state index is 0. The Bertz CT molecular complexity index is 4.00. The average molecular weight is 40.9 g/mol. The van der Waals surface area contributed by atoms with E-state index in [4.69, 9.17) is 0 Å². The quantitative estimate of drug-likeness (QED) is 0.187. The predicted molar refractivity (Wildman–Crippen MR) is 9.93 cm³/mol. The number of hydrogen-bond donors (Lipinski definition) is 0. The Morgan fingerprint density at radius 1 is 1.00 bits per heavy atom. The predicted octanol–water partition coefficient (Wildman–Crippen LogP) is -5.39. The van der Waals surface area contributed by atoms with Crippen molar-refractivity contribution in [1.82, 2.24) is 0 Å². The van der Waals surface area contributed by atoms with E-state index in [-0.39, 0.29) is 37.7 Å². The molecule has 0 aromatic rings. The molecule has 0 nitrogen and oxygen atoms in total. The van der Waals surface area contributed by atoms with E-state index in [1.54, 1.807) is 0 Å². The Kier molecular flexibility index (Phi) is 198. The van der Waals surface area contributed by atoms with Crippen molar-refractivity contribution in [1.29, 1.82) is 0 Å². The van der Waals surface area contributed by atoms with Crippen molar-refractivity contribution in [2.24, 2.45) is 0 Å². The number of hydrogen-bond acceptors (Lipinski definition) is 0. The van der Waals surface area contributed by atoms with Gasteiger partial charge in [0.25, 0.3) is 0 Å². The molecule has 0 aliphatic rings. The SMILES string of the molecule is [CH-]=C.[Li+].[Li+]. The van der Waals surface area contributed by atoms with E-state index >= 15 is 0 Å². The summed E-state index contributed by atoms with van der Waals surface area (Å²) >= 11 is 0. The van der Waals surface area contributed by atoms with Gasteiger partial charge in [-0.1, -0.05) is 0 Å². The molecule has 0 unspecified atom stereocenters. The summed E-state index contributed by atoms with van der Waals surface area (Å²) in [4.78, 5) is 0. The van der Waals surface area contributed by atoms with Crippen molar-refractivity contribution in [2.45, 2.75) is 0 Å². The van der Waals surface area contributed by atoms with Crippen molar-refractivity contribution in [3.05, 3.63) is 13.2 Å².